The highest BCUT2D eigenvalue weighted by Crippen LogP contribution is 2.27. The number of carbonyl (C=O) groups excluding carboxylic acids is 1. The molecule has 2 aromatic rings. The lowest BCUT2D eigenvalue weighted by Gasteiger charge is -2.23. The van der Waals surface area contributed by atoms with E-state index in [4.69, 9.17) is 14.6 Å². The van der Waals surface area contributed by atoms with Crippen molar-refractivity contribution in [2.75, 3.05) is 6.54 Å². The smallest absolute Gasteiger partial charge is 0.488 e. The molecule has 1 fully saturated rings. The van der Waals surface area contributed by atoms with Crippen LogP contribution in [0.5, 0.6) is 5.75 Å². The quantitative estimate of drug-likeness (QED) is 0.699. The van der Waals surface area contributed by atoms with Crippen molar-refractivity contribution in [1.82, 2.24) is 10.6 Å². The van der Waals surface area contributed by atoms with Crippen LogP contribution in [0.15, 0.2) is 42.5 Å². The Hall–Kier alpha value is -2.81. The Balaban J connectivity index is 0.000000396. The number of nitrogens with one attached hydrogen (secondary N) is 2. The maximum atomic E-state index is 12.2. The van der Waals surface area contributed by atoms with Crippen LogP contribution < -0.4 is 15.4 Å². The summed E-state index contributed by atoms with van der Waals surface area (Å²) in [5.74, 6) is -1.83. The third kappa shape index (κ3) is 6.91. The topological polar surface area (TPSA) is 87.7 Å². The molecule has 3 N–H and O–H groups in total. The molecule has 1 saturated heterocycles. The van der Waals surface area contributed by atoms with E-state index in [2.05, 4.69) is 28.8 Å². The van der Waals surface area contributed by atoms with Crippen LogP contribution in [0.25, 0.3) is 10.8 Å². The number of alkyl halides is 3. The van der Waals surface area contributed by atoms with Crippen LogP contribution in [-0.4, -0.2) is 47.4 Å². The van der Waals surface area contributed by atoms with Gasteiger partial charge in [0.2, 0.25) is 5.91 Å². The van der Waals surface area contributed by atoms with Crippen molar-refractivity contribution in [2.45, 2.75) is 51.1 Å². The summed E-state index contributed by atoms with van der Waals surface area (Å²) in [5, 5.41) is 15.7. The molecule has 0 aromatic heterocycles. The van der Waals surface area contributed by atoms with E-state index in [1.165, 1.54) is 0 Å². The van der Waals surface area contributed by atoms with E-state index in [0.29, 0.717) is 13.0 Å². The minimum atomic E-state index is -5.08. The summed E-state index contributed by atoms with van der Waals surface area (Å²) in [6, 6.07) is 14.1. The van der Waals surface area contributed by atoms with Crippen molar-refractivity contribution < 1.29 is 32.6 Å². The number of carboxylic acids is 1. The SMILES string of the molecule is CC(C)(C)NC(=O)[C@@H]1C[C@H](Oc2cccc3ccccc23)CN1.O=C(O)C(F)(F)F. The second kappa shape index (κ2) is 9.34. The summed E-state index contributed by atoms with van der Waals surface area (Å²) in [5.41, 5.74) is -0.215. The maximum Gasteiger partial charge on any atom is 0.490 e. The Bertz CT molecular complexity index is 888. The minimum Gasteiger partial charge on any atom is -0.488 e. The molecule has 3 rings (SSSR count). The maximum absolute atomic E-state index is 12.2. The molecule has 30 heavy (non-hydrogen) atoms. The molecule has 0 spiro atoms. The van der Waals surface area contributed by atoms with Crippen LogP contribution >= 0.6 is 0 Å². The highest BCUT2D eigenvalue weighted by atomic mass is 19.4. The van der Waals surface area contributed by atoms with E-state index >= 15 is 0 Å². The molecular formula is C21H25F3N2O4. The lowest BCUT2D eigenvalue weighted by Crippen LogP contribution is -2.48. The van der Waals surface area contributed by atoms with Crippen molar-refractivity contribution in [3.05, 3.63) is 42.5 Å². The normalized spacial score (nSPS) is 19.0. The number of carboxylic acid groups (broad SMARTS) is 1. The zero-order chi connectivity index (χ0) is 22.5. The first-order valence-electron chi connectivity index (χ1n) is 9.37. The van der Waals surface area contributed by atoms with Gasteiger partial charge < -0.3 is 20.5 Å². The van der Waals surface area contributed by atoms with Gasteiger partial charge >= 0.3 is 12.1 Å². The molecule has 2 aromatic carbocycles. The number of amides is 1. The van der Waals surface area contributed by atoms with Gasteiger partial charge in [-0.15, -0.1) is 0 Å². The van der Waals surface area contributed by atoms with E-state index in [1.54, 1.807) is 0 Å². The zero-order valence-electron chi connectivity index (χ0n) is 16.9. The number of benzene rings is 2. The van der Waals surface area contributed by atoms with Gasteiger partial charge in [-0.05, 0) is 32.2 Å². The zero-order valence-corrected chi connectivity index (χ0v) is 16.9. The monoisotopic (exact) mass is 426 g/mol. The number of fused-ring (bicyclic) bond motifs is 1. The molecule has 0 aliphatic carbocycles. The van der Waals surface area contributed by atoms with Crippen LogP contribution in [0.3, 0.4) is 0 Å². The molecule has 2 atom stereocenters. The van der Waals surface area contributed by atoms with Gasteiger partial charge in [0, 0.05) is 23.9 Å². The van der Waals surface area contributed by atoms with E-state index < -0.39 is 12.1 Å². The highest BCUT2D eigenvalue weighted by molar-refractivity contribution is 5.88. The fourth-order valence-electron chi connectivity index (χ4n) is 2.93. The summed E-state index contributed by atoms with van der Waals surface area (Å²) in [7, 11) is 0. The third-order valence-electron chi connectivity index (χ3n) is 4.19. The summed E-state index contributed by atoms with van der Waals surface area (Å²) < 4.78 is 37.9. The number of hydrogen-bond donors (Lipinski definition) is 3. The number of hydrogen-bond acceptors (Lipinski definition) is 4. The fourth-order valence-corrected chi connectivity index (χ4v) is 2.93. The van der Waals surface area contributed by atoms with Gasteiger partial charge in [-0.3, -0.25) is 4.79 Å². The molecule has 9 heteroatoms. The van der Waals surface area contributed by atoms with Gasteiger partial charge in [-0.1, -0.05) is 36.4 Å². The van der Waals surface area contributed by atoms with Gasteiger partial charge in [0.1, 0.15) is 11.9 Å². The Kier molecular flexibility index (Phi) is 7.30. The average molecular weight is 426 g/mol. The Morgan fingerprint density at radius 1 is 1.10 bits per heavy atom. The molecule has 0 saturated carbocycles. The van der Waals surface area contributed by atoms with E-state index in [0.717, 1.165) is 16.5 Å². The summed E-state index contributed by atoms with van der Waals surface area (Å²) in [6.45, 7) is 6.66. The van der Waals surface area contributed by atoms with Crippen LogP contribution in [-0.2, 0) is 9.59 Å². The second-order valence-electron chi connectivity index (χ2n) is 7.96. The molecule has 6 nitrogen and oxygen atoms in total. The summed E-state index contributed by atoms with van der Waals surface area (Å²) in [4.78, 5) is 21.1. The first-order chi connectivity index (χ1) is 13.9. The molecule has 1 aliphatic rings. The highest BCUT2D eigenvalue weighted by Gasteiger charge is 2.38. The number of ether oxygens (including phenoxy) is 1. The molecule has 0 bridgehead atoms. The fraction of sp³-hybridized carbons (Fsp3) is 0.429. The van der Waals surface area contributed by atoms with E-state index in [1.807, 2.05) is 45.0 Å². The van der Waals surface area contributed by atoms with Crippen molar-refractivity contribution in [3.63, 3.8) is 0 Å². The molecule has 164 valence electrons. The number of aliphatic carboxylic acids is 1. The lowest BCUT2D eigenvalue weighted by atomic mass is 10.1. The first kappa shape index (κ1) is 23.5. The molecule has 1 amide bonds. The van der Waals surface area contributed by atoms with E-state index in [-0.39, 0.29) is 23.6 Å². The van der Waals surface area contributed by atoms with Crippen LogP contribution in [0.4, 0.5) is 13.2 Å². The predicted octanol–water partition coefficient (Wildman–Crippen LogP) is 3.50. The Morgan fingerprint density at radius 3 is 2.30 bits per heavy atom. The van der Waals surface area contributed by atoms with Gasteiger partial charge in [-0.2, -0.15) is 13.2 Å². The van der Waals surface area contributed by atoms with Crippen LogP contribution in [0.2, 0.25) is 0 Å². The average Bonchev–Trinajstić information content (AvgIpc) is 3.09. The van der Waals surface area contributed by atoms with Crippen LogP contribution in [0.1, 0.15) is 27.2 Å². The van der Waals surface area contributed by atoms with Crippen molar-refractivity contribution in [2.24, 2.45) is 0 Å². The molecular weight excluding hydrogens is 401 g/mol. The van der Waals surface area contributed by atoms with Crippen molar-refractivity contribution in [1.29, 1.82) is 0 Å². The molecule has 0 unspecified atom stereocenters. The number of rotatable bonds is 3. The first-order valence-corrected chi connectivity index (χ1v) is 9.37. The van der Waals surface area contributed by atoms with Crippen LogP contribution in [0, 0.1) is 0 Å². The number of carbonyl (C=O) groups is 2. The van der Waals surface area contributed by atoms with Gasteiger partial charge in [0.05, 0.1) is 6.04 Å². The van der Waals surface area contributed by atoms with E-state index in [9.17, 15) is 18.0 Å². The van der Waals surface area contributed by atoms with Crippen molar-refractivity contribution >= 4 is 22.6 Å². The van der Waals surface area contributed by atoms with Gasteiger partial charge in [0.25, 0.3) is 0 Å². The predicted molar refractivity (Wildman–Crippen MR) is 106 cm³/mol. The summed E-state index contributed by atoms with van der Waals surface area (Å²) >= 11 is 0. The Labute approximate surface area is 172 Å². The summed E-state index contributed by atoms with van der Waals surface area (Å²) in [6.07, 6.45) is -4.39. The molecule has 1 aliphatic heterocycles. The molecule has 0 radical (unpaired) electrons. The standard InChI is InChI=1S/C19H24N2O2.C2HF3O2/c1-19(2,3)21-18(22)16-11-14(12-20-16)23-17-10-6-8-13-7-4-5-9-15(13)17;3-2(4,5)1(6)7/h4-10,14,16,20H,11-12H2,1-3H3,(H,21,22);(H,6,7)/t14-,16-;/m0./s1. The molecule has 1 heterocycles. The van der Waals surface area contributed by atoms with Gasteiger partial charge in [0.15, 0.2) is 0 Å². The number of halogens is 3. The minimum absolute atomic E-state index is 0.0107. The largest absolute Gasteiger partial charge is 0.490 e. The lowest BCUT2D eigenvalue weighted by molar-refractivity contribution is -0.192. The van der Waals surface area contributed by atoms with Gasteiger partial charge in [-0.25, -0.2) is 4.79 Å². The Morgan fingerprint density at radius 2 is 1.70 bits per heavy atom. The van der Waals surface area contributed by atoms with Crippen molar-refractivity contribution in [3.8, 4) is 5.75 Å². The third-order valence-corrected chi connectivity index (χ3v) is 4.19. The second-order valence-corrected chi connectivity index (χ2v) is 7.96.